The van der Waals surface area contributed by atoms with Gasteiger partial charge in [0.25, 0.3) is 0 Å². The zero-order valence-corrected chi connectivity index (χ0v) is 23.9. The van der Waals surface area contributed by atoms with Crippen LogP contribution in [-0.4, -0.2) is 104 Å². The summed E-state index contributed by atoms with van der Waals surface area (Å²) in [7, 11) is -9.99. The van der Waals surface area contributed by atoms with Crippen molar-refractivity contribution in [2.24, 2.45) is 0 Å². The standard InChI is InChI=1S/C21H25N9O12P2/c22-8-1-2-24-18-11(8)27-6-29(18)20-13(31)15-9(39-20)3-37-44(35,36)42-16-10(4-38-43(33,34)41-15)40-21(14(16)32)30-7-28-12-17(23)25-5-26-19(12)30/h1-2,5-7,9-10,13-16,20-21,31-32H,3-4H2,(H2,22,24)(H,33,34)(H,35,36)(H2,23,25,26)/t9-,10-,13+,14?,15?,16+,20-,21-/m1/s1. The number of nitrogens with zero attached hydrogens (tertiary/aromatic N) is 7. The van der Waals surface area contributed by atoms with Gasteiger partial charge in [0.05, 0.1) is 31.6 Å². The summed E-state index contributed by atoms with van der Waals surface area (Å²) in [6, 6.07) is 1.52. The summed E-state index contributed by atoms with van der Waals surface area (Å²) in [5.74, 6) is 0.0535. The molecule has 0 aromatic carbocycles. The van der Waals surface area contributed by atoms with E-state index in [-0.39, 0.29) is 22.6 Å². The number of anilines is 2. The normalized spacial score (nSPS) is 38.3. The van der Waals surface area contributed by atoms with Gasteiger partial charge >= 0.3 is 15.6 Å². The lowest BCUT2D eigenvalue weighted by atomic mass is 10.1. The Labute approximate surface area is 245 Å². The predicted molar refractivity (Wildman–Crippen MR) is 143 cm³/mol. The van der Waals surface area contributed by atoms with Crippen molar-refractivity contribution >= 4 is 49.5 Å². The number of aromatic nitrogens is 7. The van der Waals surface area contributed by atoms with Crippen LogP contribution >= 0.6 is 15.6 Å². The monoisotopic (exact) mass is 657 g/mol. The van der Waals surface area contributed by atoms with Gasteiger partial charge in [0.15, 0.2) is 29.6 Å². The Bertz CT molecular complexity index is 1690. The fourth-order valence-electron chi connectivity index (χ4n) is 5.33. The number of phosphoric ester groups is 2. The van der Waals surface area contributed by atoms with E-state index >= 15 is 0 Å². The van der Waals surface area contributed by atoms with E-state index in [9.17, 15) is 29.1 Å². The lowest BCUT2D eigenvalue weighted by molar-refractivity contribution is -0.0664. The Kier molecular flexibility index (Phi) is 7.20. The zero-order valence-electron chi connectivity index (χ0n) is 22.2. The molecule has 7 rings (SSSR count). The molecule has 4 aromatic rings. The second-order valence-corrected chi connectivity index (χ2v) is 12.9. The van der Waals surface area contributed by atoms with Crippen LogP contribution in [0.4, 0.5) is 11.5 Å². The third-order valence-corrected chi connectivity index (χ3v) is 9.33. The van der Waals surface area contributed by atoms with Gasteiger partial charge in [-0.15, -0.1) is 0 Å². The van der Waals surface area contributed by atoms with Crippen molar-refractivity contribution in [2.75, 3.05) is 24.7 Å². The number of ether oxygens (including phenoxy) is 2. The lowest BCUT2D eigenvalue weighted by Crippen LogP contribution is -2.39. The van der Waals surface area contributed by atoms with E-state index in [1.807, 2.05) is 0 Å². The summed E-state index contributed by atoms with van der Waals surface area (Å²) in [5.41, 5.74) is 13.0. The van der Waals surface area contributed by atoms with Crippen LogP contribution in [0.3, 0.4) is 0 Å². The molecule has 3 aliphatic rings. The van der Waals surface area contributed by atoms with Crippen LogP contribution in [-0.2, 0) is 36.7 Å². The molecule has 3 saturated heterocycles. The van der Waals surface area contributed by atoms with Crippen LogP contribution < -0.4 is 11.5 Å². The first kappa shape index (κ1) is 29.5. The van der Waals surface area contributed by atoms with Crippen molar-refractivity contribution in [3.63, 3.8) is 0 Å². The Morgan fingerprint density at radius 1 is 0.773 bits per heavy atom. The Morgan fingerprint density at radius 3 is 1.86 bits per heavy atom. The lowest BCUT2D eigenvalue weighted by Gasteiger charge is -2.27. The smallest absolute Gasteiger partial charge is 0.397 e. The number of aliphatic hydroxyl groups is 2. The zero-order chi connectivity index (χ0) is 31.0. The van der Waals surface area contributed by atoms with Gasteiger partial charge in [-0.05, 0) is 6.07 Å². The third kappa shape index (κ3) is 5.06. The minimum atomic E-state index is -4.99. The highest BCUT2D eigenvalue weighted by atomic mass is 31.2. The van der Waals surface area contributed by atoms with E-state index in [4.69, 9.17) is 39.0 Å². The molecule has 7 heterocycles. The van der Waals surface area contributed by atoms with Crippen LogP contribution in [0.25, 0.3) is 22.3 Å². The highest BCUT2D eigenvalue weighted by Crippen LogP contribution is 2.53. The fourth-order valence-corrected chi connectivity index (χ4v) is 7.26. The number of fused-ring (bicyclic) bond motifs is 4. The van der Waals surface area contributed by atoms with E-state index in [2.05, 4.69) is 24.9 Å². The molecule has 0 bridgehead atoms. The van der Waals surface area contributed by atoms with Gasteiger partial charge in [-0.3, -0.25) is 27.2 Å². The Morgan fingerprint density at radius 2 is 1.30 bits per heavy atom. The first-order valence-corrected chi connectivity index (χ1v) is 15.9. The summed E-state index contributed by atoms with van der Waals surface area (Å²) in [6.45, 7) is -1.54. The van der Waals surface area contributed by atoms with E-state index in [1.54, 1.807) is 0 Å². The number of aliphatic hydroxyl groups excluding tert-OH is 2. The van der Waals surface area contributed by atoms with Crippen molar-refractivity contribution < 1.29 is 56.7 Å². The molecular weight excluding hydrogens is 632 g/mol. The molecule has 8 N–H and O–H groups in total. The van der Waals surface area contributed by atoms with Crippen LogP contribution in [0.2, 0.25) is 0 Å². The summed E-state index contributed by atoms with van der Waals surface area (Å²) < 4.78 is 61.3. The molecule has 0 saturated carbocycles. The average molecular weight is 657 g/mol. The maximum atomic E-state index is 13.1. The molecule has 44 heavy (non-hydrogen) atoms. The fraction of sp³-hybridized carbons (Fsp3) is 0.476. The number of pyridine rings is 1. The molecule has 0 amide bonds. The topological polar surface area (TPSA) is 297 Å². The van der Waals surface area contributed by atoms with Crippen molar-refractivity contribution in [3.8, 4) is 0 Å². The van der Waals surface area contributed by atoms with Gasteiger partial charge in [0.2, 0.25) is 0 Å². The number of hydrogen-bond acceptors (Lipinski definition) is 17. The molecule has 0 spiro atoms. The van der Waals surface area contributed by atoms with E-state index < -0.39 is 77.9 Å². The van der Waals surface area contributed by atoms with E-state index in [0.717, 1.165) is 6.33 Å². The van der Waals surface area contributed by atoms with Gasteiger partial charge in [-0.2, -0.15) is 0 Å². The molecule has 0 radical (unpaired) electrons. The van der Waals surface area contributed by atoms with Gasteiger partial charge < -0.3 is 40.9 Å². The number of nitrogen functional groups attached to an aromatic ring is 2. The van der Waals surface area contributed by atoms with Crippen LogP contribution in [0, 0.1) is 0 Å². The van der Waals surface area contributed by atoms with Crippen molar-refractivity contribution in [2.45, 2.75) is 49.1 Å². The highest BCUT2D eigenvalue weighted by molar-refractivity contribution is 7.47. The summed E-state index contributed by atoms with van der Waals surface area (Å²) in [4.78, 5) is 41.6. The second kappa shape index (κ2) is 10.7. The SMILES string of the molecule is Nc1ncnc2c1ncn2[C@@H]1O[C@@H]2COP(=O)(O)OC3[C@@H](COP(=O)(O)O[C@@H]2C1O)O[C@@H](n1cnc2c(N)ccnc21)[C@H]3O. The molecule has 3 aliphatic heterocycles. The molecule has 21 nitrogen and oxygen atoms in total. The summed E-state index contributed by atoms with van der Waals surface area (Å²) in [6.07, 6.45) is -6.90. The average Bonchev–Trinajstić information content (AvgIpc) is 3.73. The quantitative estimate of drug-likeness (QED) is 0.140. The number of nitrogens with two attached hydrogens (primary N) is 2. The molecular formula is C21H25N9O12P2. The van der Waals surface area contributed by atoms with Crippen molar-refractivity contribution in [1.82, 2.24) is 34.1 Å². The Hall–Kier alpha value is -3.17. The Balaban J connectivity index is 1.17. The molecule has 4 aromatic heterocycles. The van der Waals surface area contributed by atoms with Crippen molar-refractivity contribution in [3.05, 3.63) is 31.2 Å². The number of hydrogen-bond donors (Lipinski definition) is 6. The number of rotatable bonds is 2. The van der Waals surface area contributed by atoms with Crippen LogP contribution in [0.15, 0.2) is 31.2 Å². The van der Waals surface area contributed by atoms with Gasteiger partial charge in [0.1, 0.15) is 54.0 Å². The van der Waals surface area contributed by atoms with Gasteiger partial charge in [-0.1, -0.05) is 0 Å². The van der Waals surface area contributed by atoms with Crippen LogP contribution in [0.1, 0.15) is 12.5 Å². The molecule has 23 heteroatoms. The third-order valence-electron chi connectivity index (χ3n) is 7.36. The van der Waals surface area contributed by atoms with Gasteiger partial charge in [-0.25, -0.2) is 34.0 Å². The largest absolute Gasteiger partial charge is 0.472 e. The minimum absolute atomic E-state index is 0.0535. The number of imidazole rings is 2. The maximum Gasteiger partial charge on any atom is 0.472 e. The minimum Gasteiger partial charge on any atom is -0.397 e. The first-order valence-electron chi connectivity index (χ1n) is 12.9. The number of phosphoric acid groups is 2. The van der Waals surface area contributed by atoms with Crippen molar-refractivity contribution in [1.29, 1.82) is 0 Å². The summed E-state index contributed by atoms with van der Waals surface area (Å²) >= 11 is 0. The van der Waals surface area contributed by atoms with Gasteiger partial charge in [0, 0.05) is 6.20 Å². The van der Waals surface area contributed by atoms with E-state index in [1.165, 1.54) is 34.1 Å². The molecule has 4 unspecified atom stereocenters. The predicted octanol–water partition coefficient (Wildman–Crippen LogP) is -1.03. The van der Waals surface area contributed by atoms with Crippen LogP contribution in [0.5, 0.6) is 0 Å². The second-order valence-electron chi connectivity index (χ2n) is 10.1. The molecule has 0 aliphatic carbocycles. The first-order chi connectivity index (χ1) is 20.9. The highest BCUT2D eigenvalue weighted by Gasteiger charge is 2.54. The molecule has 3 fully saturated rings. The summed E-state index contributed by atoms with van der Waals surface area (Å²) in [5, 5.41) is 22.3. The maximum absolute atomic E-state index is 13.1. The molecule has 10 atom stereocenters. The van der Waals surface area contributed by atoms with E-state index in [0.29, 0.717) is 11.2 Å². The molecule has 236 valence electrons.